The highest BCUT2D eigenvalue weighted by Crippen LogP contribution is 2.57. The quantitative estimate of drug-likeness (QED) is 0.452. The number of methoxy groups -OCH3 is 1. The van der Waals surface area contributed by atoms with Gasteiger partial charge < -0.3 is 24.6 Å². The lowest BCUT2D eigenvalue weighted by atomic mass is 9.65. The highest BCUT2D eigenvalue weighted by Gasteiger charge is 2.59. The topological polar surface area (TPSA) is 122 Å². The molecule has 0 radical (unpaired) electrons. The summed E-state index contributed by atoms with van der Waals surface area (Å²) in [4.78, 5) is 68.8. The molecule has 2 fully saturated rings. The van der Waals surface area contributed by atoms with E-state index in [1.807, 2.05) is 20.8 Å². The number of nitrogens with zero attached hydrogens (tertiary/aromatic N) is 2. The van der Waals surface area contributed by atoms with Crippen LogP contribution in [-0.2, 0) is 28.7 Å². The molecule has 0 bridgehead atoms. The van der Waals surface area contributed by atoms with Crippen LogP contribution in [0.15, 0.2) is 18.2 Å². The molecule has 10 nitrogen and oxygen atoms in total. The summed E-state index contributed by atoms with van der Waals surface area (Å²) in [7, 11) is 1.21. The van der Waals surface area contributed by atoms with E-state index < -0.39 is 46.2 Å². The van der Waals surface area contributed by atoms with Crippen LogP contribution in [0.4, 0.5) is 0 Å². The van der Waals surface area contributed by atoms with Crippen molar-refractivity contribution in [2.45, 2.75) is 72.4 Å². The number of carbonyl (C=O) groups excluding carboxylic acids is 5. The highest BCUT2D eigenvalue weighted by molar-refractivity contribution is 6.39. The molecule has 1 aromatic carbocycles. The maximum absolute atomic E-state index is 13.6. The van der Waals surface area contributed by atoms with E-state index >= 15 is 0 Å². The molecule has 3 amide bonds. The van der Waals surface area contributed by atoms with Crippen LogP contribution in [-0.4, -0.2) is 84.4 Å². The first-order valence-electron chi connectivity index (χ1n) is 14.1. The van der Waals surface area contributed by atoms with Gasteiger partial charge in [-0.2, -0.15) is 0 Å². The van der Waals surface area contributed by atoms with Crippen LogP contribution in [0.3, 0.4) is 0 Å². The fourth-order valence-electron chi connectivity index (χ4n) is 5.65. The Morgan fingerprint density at radius 3 is 2.07 bits per heavy atom. The summed E-state index contributed by atoms with van der Waals surface area (Å²) in [6.45, 7) is 11.7. The van der Waals surface area contributed by atoms with Gasteiger partial charge in [-0.3, -0.25) is 24.0 Å². The molecule has 1 N–H and O–H groups in total. The number of piperazine rings is 1. The van der Waals surface area contributed by atoms with E-state index in [1.165, 1.54) is 12.0 Å². The Morgan fingerprint density at radius 1 is 1.00 bits per heavy atom. The fraction of sp³-hybridized carbons (Fsp3) is 0.633. The van der Waals surface area contributed by atoms with Crippen LogP contribution in [0.1, 0.15) is 71.2 Å². The first-order chi connectivity index (χ1) is 19.4. The molecular weight excluding hydrogens is 585 g/mol. The third-order valence-electron chi connectivity index (χ3n) is 8.66. The third kappa shape index (κ3) is 7.02. The number of hydrogen-bond donors (Lipinski definition) is 1. The largest absolute Gasteiger partial charge is 0.469 e. The number of carbonyl (C=O) groups is 5. The van der Waals surface area contributed by atoms with E-state index in [0.717, 1.165) is 0 Å². The monoisotopic (exact) mass is 625 g/mol. The minimum absolute atomic E-state index is 0.186. The lowest BCUT2D eigenvalue weighted by Gasteiger charge is -2.41. The maximum Gasteiger partial charge on any atom is 0.312 e. The zero-order chi connectivity index (χ0) is 31.6. The normalized spacial score (nSPS) is 22.7. The van der Waals surface area contributed by atoms with Gasteiger partial charge in [-0.05, 0) is 58.1 Å². The summed E-state index contributed by atoms with van der Waals surface area (Å²) in [5.74, 6) is -2.84. The molecule has 2 aliphatic rings. The van der Waals surface area contributed by atoms with Crippen molar-refractivity contribution in [3.63, 3.8) is 0 Å². The number of amides is 3. The molecule has 1 heterocycles. The summed E-state index contributed by atoms with van der Waals surface area (Å²) in [6.07, 6.45) is 0.499. The van der Waals surface area contributed by atoms with Crippen LogP contribution < -0.4 is 5.32 Å². The molecule has 12 heteroatoms. The summed E-state index contributed by atoms with van der Waals surface area (Å²) in [5.41, 5.74) is -2.18. The van der Waals surface area contributed by atoms with Crippen molar-refractivity contribution >= 4 is 52.9 Å². The van der Waals surface area contributed by atoms with Crippen molar-refractivity contribution in [1.29, 1.82) is 0 Å². The molecule has 1 aliphatic heterocycles. The zero-order valence-electron chi connectivity index (χ0n) is 25.3. The third-order valence-corrected chi connectivity index (χ3v) is 9.29. The lowest BCUT2D eigenvalue weighted by molar-refractivity contribution is -0.173. The van der Waals surface area contributed by atoms with E-state index in [9.17, 15) is 24.0 Å². The van der Waals surface area contributed by atoms with Gasteiger partial charge in [-0.25, -0.2) is 0 Å². The Hall–Kier alpha value is -2.85. The molecule has 1 saturated heterocycles. The van der Waals surface area contributed by atoms with Crippen molar-refractivity contribution in [3.05, 3.63) is 33.8 Å². The minimum atomic E-state index is -1.17. The Balaban J connectivity index is 1.72. The lowest BCUT2D eigenvalue weighted by Crippen LogP contribution is -2.57. The number of esters is 2. The summed E-state index contributed by atoms with van der Waals surface area (Å²) in [6, 6.07) is 3.65. The van der Waals surface area contributed by atoms with Crippen LogP contribution in [0.5, 0.6) is 0 Å². The van der Waals surface area contributed by atoms with Gasteiger partial charge in [-0.1, -0.05) is 43.1 Å². The Kier molecular flexibility index (Phi) is 10.3. The second kappa shape index (κ2) is 12.8. The Morgan fingerprint density at radius 2 is 1.55 bits per heavy atom. The van der Waals surface area contributed by atoms with Crippen molar-refractivity contribution in [2.24, 2.45) is 16.7 Å². The van der Waals surface area contributed by atoms with Gasteiger partial charge in [0.15, 0.2) is 0 Å². The number of rotatable bonds is 7. The van der Waals surface area contributed by atoms with E-state index in [1.54, 1.807) is 43.9 Å². The van der Waals surface area contributed by atoms with Gasteiger partial charge in [0.2, 0.25) is 11.8 Å². The average molecular weight is 627 g/mol. The molecule has 232 valence electrons. The Bertz CT molecular complexity index is 1220. The van der Waals surface area contributed by atoms with E-state index in [0.29, 0.717) is 12.8 Å². The predicted molar refractivity (Wildman–Crippen MR) is 158 cm³/mol. The summed E-state index contributed by atoms with van der Waals surface area (Å²) in [5, 5.41) is 3.26. The Labute approximate surface area is 257 Å². The minimum Gasteiger partial charge on any atom is -0.469 e. The summed E-state index contributed by atoms with van der Waals surface area (Å²) >= 11 is 12.4. The number of nitrogens with one attached hydrogen (secondary N) is 1. The van der Waals surface area contributed by atoms with Gasteiger partial charge in [0.1, 0.15) is 11.6 Å². The van der Waals surface area contributed by atoms with Crippen molar-refractivity contribution in [2.75, 3.05) is 33.3 Å². The van der Waals surface area contributed by atoms with Crippen molar-refractivity contribution < 1.29 is 33.4 Å². The van der Waals surface area contributed by atoms with Crippen LogP contribution in [0.2, 0.25) is 10.0 Å². The first kappa shape index (κ1) is 33.6. The molecule has 1 aliphatic carbocycles. The van der Waals surface area contributed by atoms with Crippen LogP contribution in [0, 0.1) is 16.7 Å². The number of hydrogen-bond acceptors (Lipinski definition) is 7. The highest BCUT2D eigenvalue weighted by atomic mass is 35.5. The van der Waals surface area contributed by atoms with Crippen LogP contribution >= 0.6 is 23.2 Å². The second-order valence-electron chi connectivity index (χ2n) is 12.7. The van der Waals surface area contributed by atoms with Crippen LogP contribution in [0.25, 0.3) is 0 Å². The molecule has 0 spiro atoms. The molecular formula is C30H41Cl2N3O7. The smallest absolute Gasteiger partial charge is 0.312 e. The molecule has 42 heavy (non-hydrogen) atoms. The number of benzene rings is 1. The summed E-state index contributed by atoms with van der Waals surface area (Å²) < 4.78 is 10.5. The van der Waals surface area contributed by atoms with Gasteiger partial charge in [0.05, 0.1) is 34.6 Å². The van der Waals surface area contributed by atoms with Gasteiger partial charge in [0.25, 0.3) is 5.91 Å². The molecule has 1 saturated carbocycles. The number of ether oxygens (including phenoxy) is 2. The molecule has 0 aromatic heterocycles. The van der Waals surface area contributed by atoms with Crippen molar-refractivity contribution in [1.82, 2.24) is 15.1 Å². The molecule has 0 unspecified atom stereocenters. The van der Waals surface area contributed by atoms with Crippen molar-refractivity contribution in [3.8, 4) is 0 Å². The molecule has 3 rings (SSSR count). The first-order valence-corrected chi connectivity index (χ1v) is 14.8. The molecule has 3 atom stereocenters. The maximum atomic E-state index is 13.6. The fourth-order valence-corrected chi connectivity index (χ4v) is 6.21. The molecule has 1 aromatic rings. The standard InChI is InChI=1S/C30H41Cl2N3O7/c1-28(2,3)42-27(40)30(6)12-11-18(29(30,4)5)24(37)33-21(17-22(36)41-7)25(38)34-13-15-35(16-14-34)26(39)23-19(31)9-8-10-20(23)32/h8-10,18,21H,11-17H2,1-7H3,(H,33,37)/t18-,21+,30-/m0/s1. The zero-order valence-corrected chi connectivity index (χ0v) is 26.9. The van der Waals surface area contributed by atoms with E-state index in [-0.39, 0.29) is 60.1 Å². The predicted octanol–water partition coefficient (Wildman–Crippen LogP) is 4.11. The van der Waals surface area contributed by atoms with E-state index in [2.05, 4.69) is 5.32 Å². The number of halogens is 2. The second-order valence-corrected chi connectivity index (χ2v) is 13.5. The SMILES string of the molecule is COC(=O)C[C@@H](NC(=O)[C@@H]1CC[C@@](C)(C(=O)OC(C)(C)C)C1(C)C)C(=O)N1CCN(C(=O)c2c(Cl)cccc2Cl)CC1. The van der Waals surface area contributed by atoms with E-state index in [4.69, 9.17) is 32.7 Å². The van der Waals surface area contributed by atoms with Gasteiger partial charge >= 0.3 is 11.9 Å². The van der Waals surface area contributed by atoms with Gasteiger partial charge in [0, 0.05) is 32.1 Å². The average Bonchev–Trinajstić information content (AvgIpc) is 3.16. The van der Waals surface area contributed by atoms with Gasteiger partial charge in [-0.15, -0.1) is 0 Å².